The molecule has 1 aliphatic rings. The number of hydrogen-bond donors (Lipinski definition) is 1. The van der Waals surface area contributed by atoms with Gasteiger partial charge >= 0.3 is 11.9 Å². The van der Waals surface area contributed by atoms with E-state index >= 15 is 0 Å². The maximum Gasteiger partial charge on any atom is 0.444 e. The van der Waals surface area contributed by atoms with Crippen LogP contribution in [0, 0.1) is 0 Å². The zero-order valence-corrected chi connectivity index (χ0v) is 10.1. The number of nitrogens with one attached hydrogen (secondary N) is 1. The van der Waals surface area contributed by atoms with Gasteiger partial charge in [-0.3, -0.25) is 0 Å². The van der Waals surface area contributed by atoms with Crippen molar-refractivity contribution in [3.8, 4) is 0 Å². The molecule has 1 aliphatic heterocycles. The number of anilines is 1. The van der Waals surface area contributed by atoms with Crippen molar-refractivity contribution in [3.63, 3.8) is 0 Å². The molecule has 9 heteroatoms. The van der Waals surface area contributed by atoms with E-state index in [2.05, 4.69) is 9.68 Å². The topological polar surface area (TPSA) is 67.9 Å². The number of hydrogen-bond acceptors (Lipinski definition) is 6. The van der Waals surface area contributed by atoms with Crippen molar-refractivity contribution >= 4 is 52.4 Å². The molecule has 0 amide bonds. The van der Waals surface area contributed by atoms with Gasteiger partial charge in [0.25, 0.3) is 0 Å². The molecule has 0 bridgehead atoms. The van der Waals surface area contributed by atoms with Crippen molar-refractivity contribution in [1.82, 2.24) is 5.59 Å². The Kier molecular flexibility index (Phi) is 3.30. The second-order valence-corrected chi connectivity index (χ2v) is 4.04. The molecular formula is C8H3Cl3N2O4. The SMILES string of the molecule is O=C1ONN(c2c(Cl)ccc(Cl)c2Cl)OC1=O. The summed E-state index contributed by atoms with van der Waals surface area (Å²) in [7, 11) is 0. The minimum absolute atomic E-state index is 0.0393. The Morgan fingerprint density at radius 3 is 2.35 bits per heavy atom. The third-order valence-corrected chi connectivity index (χ3v) is 2.88. The zero-order chi connectivity index (χ0) is 12.6. The van der Waals surface area contributed by atoms with Crippen LogP contribution >= 0.6 is 34.8 Å². The summed E-state index contributed by atoms with van der Waals surface area (Å²) in [6.07, 6.45) is 0. The van der Waals surface area contributed by atoms with E-state index in [1.807, 2.05) is 5.59 Å². The Morgan fingerprint density at radius 2 is 1.71 bits per heavy atom. The molecule has 17 heavy (non-hydrogen) atoms. The van der Waals surface area contributed by atoms with Crippen molar-refractivity contribution in [2.24, 2.45) is 0 Å². The molecule has 0 radical (unpaired) electrons. The van der Waals surface area contributed by atoms with Crippen LogP contribution in [-0.2, 0) is 19.3 Å². The number of carbonyl (C=O) groups is 2. The molecule has 1 aromatic rings. The quantitative estimate of drug-likeness (QED) is 0.630. The first-order chi connectivity index (χ1) is 8.00. The molecule has 0 aliphatic carbocycles. The largest absolute Gasteiger partial charge is 0.444 e. The van der Waals surface area contributed by atoms with Gasteiger partial charge < -0.3 is 9.68 Å². The van der Waals surface area contributed by atoms with Gasteiger partial charge in [0.2, 0.25) is 0 Å². The van der Waals surface area contributed by atoms with Crippen LogP contribution in [0.25, 0.3) is 0 Å². The fourth-order valence-electron chi connectivity index (χ4n) is 1.06. The molecule has 6 nitrogen and oxygen atoms in total. The first-order valence-corrected chi connectivity index (χ1v) is 5.26. The Bertz CT molecular complexity index is 508. The molecule has 1 saturated heterocycles. The molecule has 1 aromatic carbocycles. The molecule has 2 rings (SSSR count). The standard InChI is InChI=1S/C8H3Cl3N2O4/c9-3-1-2-4(10)6(5(3)11)13-12-16-7(14)8(15)17-13/h1-2,12H. The molecule has 90 valence electrons. The molecular weight excluding hydrogens is 294 g/mol. The van der Waals surface area contributed by atoms with E-state index in [9.17, 15) is 9.59 Å². The third kappa shape index (κ3) is 2.25. The molecule has 1 fully saturated rings. The van der Waals surface area contributed by atoms with E-state index in [1.54, 1.807) is 0 Å². The van der Waals surface area contributed by atoms with E-state index in [-0.39, 0.29) is 20.8 Å². The Labute approximate surface area is 110 Å². The van der Waals surface area contributed by atoms with Gasteiger partial charge in [0.1, 0.15) is 5.69 Å². The lowest BCUT2D eigenvalue weighted by Crippen LogP contribution is -2.49. The molecule has 0 spiro atoms. The van der Waals surface area contributed by atoms with Crippen LogP contribution in [0.2, 0.25) is 15.1 Å². The summed E-state index contributed by atoms with van der Waals surface area (Å²) in [5, 5.41) is 1.09. The van der Waals surface area contributed by atoms with Gasteiger partial charge in [-0.2, -0.15) is 0 Å². The molecule has 1 heterocycles. The number of carbonyl (C=O) groups excluding carboxylic acids is 2. The van der Waals surface area contributed by atoms with Gasteiger partial charge in [-0.15, -0.1) is 0 Å². The zero-order valence-electron chi connectivity index (χ0n) is 7.87. The monoisotopic (exact) mass is 296 g/mol. The van der Waals surface area contributed by atoms with Gasteiger partial charge in [0.15, 0.2) is 0 Å². The summed E-state index contributed by atoms with van der Waals surface area (Å²) >= 11 is 17.5. The lowest BCUT2D eigenvalue weighted by atomic mass is 10.3. The van der Waals surface area contributed by atoms with Crippen molar-refractivity contribution in [2.75, 3.05) is 5.17 Å². The Morgan fingerprint density at radius 1 is 1.06 bits per heavy atom. The average Bonchev–Trinajstić information content (AvgIpc) is 2.29. The average molecular weight is 297 g/mol. The molecule has 0 saturated carbocycles. The van der Waals surface area contributed by atoms with Gasteiger partial charge in [0, 0.05) is 0 Å². The van der Waals surface area contributed by atoms with E-state index < -0.39 is 11.9 Å². The van der Waals surface area contributed by atoms with Crippen LogP contribution in [-0.4, -0.2) is 11.9 Å². The number of nitrogens with zero attached hydrogens (tertiary/aromatic N) is 1. The van der Waals surface area contributed by atoms with E-state index in [4.69, 9.17) is 34.8 Å². The summed E-state index contributed by atoms with van der Waals surface area (Å²) in [5.74, 6) is -2.40. The highest BCUT2D eigenvalue weighted by molar-refractivity contribution is 6.46. The lowest BCUT2D eigenvalue weighted by Gasteiger charge is -2.26. The van der Waals surface area contributed by atoms with Crippen molar-refractivity contribution < 1.29 is 19.3 Å². The van der Waals surface area contributed by atoms with Crippen LogP contribution < -0.4 is 10.8 Å². The van der Waals surface area contributed by atoms with Crippen LogP contribution in [0.15, 0.2) is 12.1 Å². The molecule has 0 unspecified atom stereocenters. The second kappa shape index (κ2) is 4.58. The predicted octanol–water partition coefficient (Wildman–Crippen LogP) is 1.89. The van der Waals surface area contributed by atoms with Gasteiger partial charge in [-0.05, 0) is 17.7 Å². The van der Waals surface area contributed by atoms with Crippen molar-refractivity contribution in [1.29, 1.82) is 0 Å². The van der Waals surface area contributed by atoms with Crippen LogP contribution in [0.5, 0.6) is 0 Å². The fraction of sp³-hybridized carbons (Fsp3) is 0. The summed E-state index contributed by atoms with van der Waals surface area (Å²) in [5.41, 5.74) is 2.09. The summed E-state index contributed by atoms with van der Waals surface area (Å²) in [6, 6.07) is 2.91. The maximum absolute atomic E-state index is 11.0. The second-order valence-electron chi connectivity index (χ2n) is 2.85. The van der Waals surface area contributed by atoms with Crippen LogP contribution in [0.1, 0.15) is 0 Å². The smallest absolute Gasteiger partial charge is 0.338 e. The summed E-state index contributed by atoms with van der Waals surface area (Å²) in [6.45, 7) is 0. The van der Waals surface area contributed by atoms with Crippen molar-refractivity contribution in [2.45, 2.75) is 0 Å². The highest BCUT2D eigenvalue weighted by atomic mass is 35.5. The van der Waals surface area contributed by atoms with Gasteiger partial charge in [-0.25, -0.2) is 9.59 Å². The highest BCUT2D eigenvalue weighted by Crippen LogP contribution is 2.38. The third-order valence-electron chi connectivity index (χ3n) is 1.79. The fourth-order valence-corrected chi connectivity index (χ4v) is 1.73. The van der Waals surface area contributed by atoms with Gasteiger partial charge in [-0.1, -0.05) is 40.0 Å². The van der Waals surface area contributed by atoms with E-state index in [0.29, 0.717) is 5.17 Å². The Balaban J connectivity index is 2.38. The molecule has 0 aromatic heterocycles. The number of halogens is 3. The van der Waals surface area contributed by atoms with Crippen molar-refractivity contribution in [3.05, 3.63) is 27.2 Å². The van der Waals surface area contributed by atoms with Crippen LogP contribution in [0.4, 0.5) is 5.69 Å². The first kappa shape index (κ1) is 12.3. The number of rotatable bonds is 1. The van der Waals surface area contributed by atoms with Crippen LogP contribution in [0.3, 0.4) is 0 Å². The van der Waals surface area contributed by atoms with Gasteiger partial charge in [0.05, 0.1) is 15.1 Å². The van der Waals surface area contributed by atoms with E-state index in [1.165, 1.54) is 12.1 Å². The molecule has 0 atom stereocenters. The minimum atomic E-state index is -1.21. The first-order valence-electron chi connectivity index (χ1n) is 4.13. The summed E-state index contributed by atoms with van der Waals surface area (Å²) in [4.78, 5) is 30.6. The highest BCUT2D eigenvalue weighted by Gasteiger charge is 2.31. The number of hydrazine groups is 1. The number of benzene rings is 1. The predicted molar refractivity (Wildman–Crippen MR) is 59.3 cm³/mol. The maximum atomic E-state index is 11.0. The summed E-state index contributed by atoms with van der Waals surface area (Å²) < 4.78 is 0. The van der Waals surface area contributed by atoms with E-state index in [0.717, 1.165) is 0 Å². The normalized spacial score (nSPS) is 15.6. The molecule has 1 N–H and O–H groups in total. The lowest BCUT2D eigenvalue weighted by molar-refractivity contribution is -0.192. The Hall–Kier alpha value is -1.21. The minimum Gasteiger partial charge on any atom is -0.338 e.